The van der Waals surface area contributed by atoms with Crippen LogP contribution < -0.4 is 9.44 Å². The van der Waals surface area contributed by atoms with Gasteiger partial charge in [0.15, 0.2) is 0 Å². The molecule has 0 aliphatic heterocycles. The first kappa shape index (κ1) is 19.5. The van der Waals surface area contributed by atoms with Crippen LogP contribution >= 0.6 is 11.6 Å². The second-order valence-corrected chi connectivity index (χ2v) is 9.70. The van der Waals surface area contributed by atoms with Gasteiger partial charge in [0.05, 0.1) is 20.4 Å². The van der Waals surface area contributed by atoms with Gasteiger partial charge in [-0.1, -0.05) is 11.6 Å². The summed E-state index contributed by atoms with van der Waals surface area (Å²) in [7, 11) is -7.77. The van der Waals surface area contributed by atoms with E-state index in [0.717, 1.165) is 31.0 Å². The van der Waals surface area contributed by atoms with Crippen LogP contribution in [0.3, 0.4) is 0 Å². The number of rotatable bonds is 7. The summed E-state index contributed by atoms with van der Waals surface area (Å²) in [6, 6.07) is 8.08. The Morgan fingerprint density at radius 2 is 1.52 bits per heavy atom. The van der Waals surface area contributed by atoms with Crippen molar-refractivity contribution in [3.63, 3.8) is 0 Å². The van der Waals surface area contributed by atoms with E-state index in [2.05, 4.69) is 9.44 Å². The van der Waals surface area contributed by atoms with E-state index < -0.39 is 30.7 Å². The van der Waals surface area contributed by atoms with Crippen LogP contribution in [0.4, 0.5) is 11.4 Å². The van der Waals surface area contributed by atoms with Gasteiger partial charge in [-0.2, -0.15) is 0 Å². The van der Waals surface area contributed by atoms with E-state index >= 15 is 0 Å². The molecule has 2 aromatic rings. The van der Waals surface area contributed by atoms with Crippen LogP contribution in [0.2, 0.25) is 5.02 Å². The molecule has 144 valence electrons. The number of hydrogen-bond acceptors (Lipinski definition) is 6. The number of benzene rings is 2. The van der Waals surface area contributed by atoms with Crippen molar-refractivity contribution in [1.82, 2.24) is 4.72 Å². The number of hydrogen-bond donors (Lipinski definition) is 2. The molecule has 2 aromatic carbocycles. The predicted molar refractivity (Wildman–Crippen MR) is 98.7 cm³/mol. The Morgan fingerprint density at radius 3 is 2.04 bits per heavy atom. The van der Waals surface area contributed by atoms with E-state index in [4.69, 9.17) is 11.6 Å². The lowest BCUT2D eigenvalue weighted by Crippen LogP contribution is -2.25. The number of nitrogens with one attached hydrogen (secondary N) is 2. The Kier molecular flexibility index (Phi) is 5.12. The lowest BCUT2D eigenvalue weighted by Gasteiger charge is -2.10. The van der Waals surface area contributed by atoms with Crippen LogP contribution in [-0.4, -0.2) is 27.8 Å². The number of anilines is 1. The molecule has 0 amide bonds. The molecule has 1 aliphatic carbocycles. The number of halogens is 1. The Hall–Kier alpha value is -2.21. The van der Waals surface area contributed by atoms with E-state index in [0.29, 0.717) is 0 Å². The SMILES string of the molecule is O=[N+]([O-])c1cc(NS(=O)(=O)c2ccc(S(=O)(=O)NC3CC3)cc2)ccc1Cl. The van der Waals surface area contributed by atoms with Crippen molar-refractivity contribution in [1.29, 1.82) is 0 Å². The van der Waals surface area contributed by atoms with Gasteiger partial charge in [-0.15, -0.1) is 0 Å². The summed E-state index contributed by atoms with van der Waals surface area (Å²) in [6.45, 7) is 0. The van der Waals surface area contributed by atoms with Crippen molar-refractivity contribution in [3.05, 3.63) is 57.6 Å². The molecule has 27 heavy (non-hydrogen) atoms. The van der Waals surface area contributed by atoms with E-state index in [9.17, 15) is 26.9 Å². The summed E-state index contributed by atoms with van der Waals surface area (Å²) in [5.41, 5.74) is -0.484. The van der Waals surface area contributed by atoms with Crippen LogP contribution in [0.5, 0.6) is 0 Å². The summed E-state index contributed by atoms with van der Waals surface area (Å²) < 4.78 is 53.8. The lowest BCUT2D eigenvalue weighted by molar-refractivity contribution is -0.384. The second-order valence-electron chi connectivity index (χ2n) is 5.90. The maximum absolute atomic E-state index is 12.4. The predicted octanol–water partition coefficient (Wildman–Crippen LogP) is 2.49. The first-order chi connectivity index (χ1) is 12.6. The van der Waals surface area contributed by atoms with Crippen LogP contribution in [-0.2, 0) is 20.0 Å². The zero-order chi connectivity index (χ0) is 19.8. The standard InChI is InChI=1S/C15H14ClN3O6S2/c16-14-8-3-11(9-15(14)19(20)21)18-27(24,25)13-6-4-12(5-7-13)26(22,23)17-10-1-2-10/h3-10,17-18H,1-2H2. The minimum Gasteiger partial charge on any atom is -0.279 e. The molecule has 0 saturated heterocycles. The molecule has 1 fully saturated rings. The molecule has 3 rings (SSSR count). The van der Waals surface area contributed by atoms with Gasteiger partial charge in [0.2, 0.25) is 10.0 Å². The van der Waals surface area contributed by atoms with Crippen molar-refractivity contribution in [3.8, 4) is 0 Å². The lowest BCUT2D eigenvalue weighted by atomic mass is 10.3. The number of nitro groups is 1. The molecule has 1 aliphatic rings. The minimum absolute atomic E-state index is 0.0433. The molecule has 0 spiro atoms. The van der Waals surface area contributed by atoms with Gasteiger partial charge in [0, 0.05) is 12.1 Å². The summed E-state index contributed by atoms with van der Waals surface area (Å²) in [6.07, 6.45) is 1.56. The molecule has 0 aromatic heterocycles. The normalized spacial score (nSPS) is 14.7. The Morgan fingerprint density at radius 1 is 0.963 bits per heavy atom. The highest BCUT2D eigenvalue weighted by Gasteiger charge is 2.28. The molecular formula is C15H14ClN3O6S2. The van der Waals surface area contributed by atoms with Gasteiger partial charge in [0.25, 0.3) is 15.7 Å². The van der Waals surface area contributed by atoms with Crippen LogP contribution in [0, 0.1) is 10.1 Å². The molecule has 2 N–H and O–H groups in total. The first-order valence-corrected chi connectivity index (χ1v) is 11.0. The largest absolute Gasteiger partial charge is 0.289 e. The number of nitro benzene ring substituents is 1. The fourth-order valence-electron chi connectivity index (χ4n) is 2.22. The van der Waals surface area contributed by atoms with Crippen molar-refractivity contribution in [2.45, 2.75) is 28.7 Å². The summed E-state index contributed by atoms with van der Waals surface area (Å²) in [5, 5.41) is 10.8. The molecule has 12 heteroatoms. The van der Waals surface area contributed by atoms with Gasteiger partial charge < -0.3 is 0 Å². The maximum atomic E-state index is 12.4. The molecule has 0 unspecified atom stereocenters. The fraction of sp³-hybridized carbons (Fsp3) is 0.200. The Bertz CT molecular complexity index is 1100. The summed E-state index contributed by atoms with van der Waals surface area (Å²) in [4.78, 5) is 9.94. The highest BCUT2D eigenvalue weighted by Crippen LogP contribution is 2.29. The molecule has 0 bridgehead atoms. The average molecular weight is 432 g/mol. The third-order valence-electron chi connectivity index (χ3n) is 3.74. The minimum atomic E-state index is -4.07. The van der Waals surface area contributed by atoms with Crippen molar-refractivity contribution in [2.75, 3.05) is 4.72 Å². The van der Waals surface area contributed by atoms with Gasteiger partial charge in [-0.25, -0.2) is 21.6 Å². The van der Waals surface area contributed by atoms with Gasteiger partial charge in [-0.05, 0) is 49.2 Å². The fourth-order valence-corrected chi connectivity index (χ4v) is 4.76. The maximum Gasteiger partial charge on any atom is 0.289 e. The molecule has 0 atom stereocenters. The van der Waals surface area contributed by atoms with E-state index in [1.807, 2.05) is 0 Å². The first-order valence-electron chi connectivity index (χ1n) is 7.68. The van der Waals surface area contributed by atoms with Gasteiger partial charge >= 0.3 is 0 Å². The van der Waals surface area contributed by atoms with Crippen molar-refractivity contribution < 1.29 is 21.8 Å². The quantitative estimate of drug-likeness (QED) is 0.510. The summed E-state index contributed by atoms with van der Waals surface area (Å²) in [5.74, 6) is 0. The van der Waals surface area contributed by atoms with E-state index in [-0.39, 0.29) is 26.5 Å². The molecular weight excluding hydrogens is 418 g/mol. The smallest absolute Gasteiger partial charge is 0.279 e. The third-order valence-corrected chi connectivity index (χ3v) is 6.99. The Labute approximate surface area is 160 Å². The zero-order valence-corrected chi connectivity index (χ0v) is 16.0. The third kappa shape index (κ3) is 4.56. The highest BCUT2D eigenvalue weighted by molar-refractivity contribution is 7.92. The average Bonchev–Trinajstić information content (AvgIpc) is 3.39. The van der Waals surface area contributed by atoms with Crippen molar-refractivity contribution in [2.24, 2.45) is 0 Å². The van der Waals surface area contributed by atoms with Gasteiger partial charge in [0.1, 0.15) is 5.02 Å². The monoisotopic (exact) mass is 431 g/mol. The molecule has 9 nitrogen and oxygen atoms in total. The zero-order valence-electron chi connectivity index (χ0n) is 13.6. The van der Waals surface area contributed by atoms with E-state index in [1.54, 1.807) is 0 Å². The second kappa shape index (κ2) is 7.08. The number of sulfonamides is 2. The highest BCUT2D eigenvalue weighted by atomic mass is 35.5. The Balaban J connectivity index is 1.83. The summed E-state index contributed by atoms with van der Waals surface area (Å²) >= 11 is 5.70. The molecule has 0 heterocycles. The topological polar surface area (TPSA) is 135 Å². The van der Waals surface area contributed by atoms with Gasteiger partial charge in [-0.3, -0.25) is 14.8 Å². The van der Waals surface area contributed by atoms with Crippen LogP contribution in [0.1, 0.15) is 12.8 Å². The van der Waals surface area contributed by atoms with Crippen molar-refractivity contribution >= 4 is 43.0 Å². The molecule has 1 saturated carbocycles. The number of nitrogens with zero attached hydrogens (tertiary/aromatic N) is 1. The molecule has 0 radical (unpaired) electrons. The van der Waals surface area contributed by atoms with Crippen LogP contribution in [0.15, 0.2) is 52.3 Å². The van der Waals surface area contributed by atoms with E-state index in [1.165, 1.54) is 24.3 Å². The van der Waals surface area contributed by atoms with Crippen LogP contribution in [0.25, 0.3) is 0 Å².